The number of amides is 1. The molecule has 26 heavy (non-hydrogen) atoms. The Bertz CT molecular complexity index is 871. The van der Waals surface area contributed by atoms with Gasteiger partial charge in [-0.15, -0.1) is 0 Å². The third-order valence-electron chi connectivity index (χ3n) is 4.33. The first-order valence-electron chi connectivity index (χ1n) is 8.25. The van der Waals surface area contributed by atoms with Crippen LogP contribution in [0.2, 0.25) is 5.28 Å². The van der Waals surface area contributed by atoms with E-state index in [0.29, 0.717) is 17.7 Å². The highest BCUT2D eigenvalue weighted by Crippen LogP contribution is 2.43. The topological polar surface area (TPSA) is 126 Å². The lowest BCUT2D eigenvalue weighted by Crippen LogP contribution is -2.42. The van der Waals surface area contributed by atoms with Gasteiger partial charge in [-0.3, -0.25) is 9.36 Å². The van der Waals surface area contributed by atoms with E-state index in [1.165, 1.54) is 6.33 Å². The van der Waals surface area contributed by atoms with Gasteiger partial charge in [0.05, 0.1) is 6.33 Å². The lowest BCUT2D eigenvalue weighted by atomic mass is 10.1. The van der Waals surface area contributed by atoms with Gasteiger partial charge < -0.3 is 25.3 Å². The number of carbonyl (C=O) groups excluding carboxylic acids is 1. The fourth-order valence-electron chi connectivity index (χ4n) is 3.38. The molecule has 2 aromatic rings. The first kappa shape index (κ1) is 17.4. The van der Waals surface area contributed by atoms with E-state index in [1.807, 2.05) is 6.92 Å². The Hall–Kier alpha value is -2.01. The lowest BCUT2D eigenvalue weighted by Gasteiger charge is -2.24. The van der Waals surface area contributed by atoms with Crippen LogP contribution in [0.1, 0.15) is 27.0 Å². The SMILES string of the molecule is CCNC(=O)[C@@H]1O[C@H](n2cnc3c(N)nc(Cl)nc32)[C@H]2OC(C)(C)O[C@H]21. The second-order valence-corrected chi connectivity index (χ2v) is 6.95. The molecule has 11 heteroatoms. The number of nitrogens with two attached hydrogens (primary N) is 1. The molecule has 2 aromatic heterocycles. The fourth-order valence-corrected chi connectivity index (χ4v) is 3.55. The minimum Gasteiger partial charge on any atom is -0.382 e. The summed E-state index contributed by atoms with van der Waals surface area (Å²) in [6, 6.07) is 0. The van der Waals surface area contributed by atoms with Crippen molar-refractivity contribution in [2.75, 3.05) is 12.3 Å². The first-order chi connectivity index (χ1) is 12.3. The van der Waals surface area contributed by atoms with Gasteiger partial charge in [-0.05, 0) is 32.4 Å². The zero-order valence-corrected chi connectivity index (χ0v) is 15.2. The largest absolute Gasteiger partial charge is 0.382 e. The Morgan fingerprint density at radius 2 is 2.12 bits per heavy atom. The Morgan fingerprint density at radius 1 is 1.38 bits per heavy atom. The average Bonchev–Trinajstić information content (AvgIpc) is 3.18. The van der Waals surface area contributed by atoms with E-state index in [9.17, 15) is 4.79 Å². The Balaban J connectivity index is 1.76. The van der Waals surface area contributed by atoms with E-state index >= 15 is 0 Å². The van der Waals surface area contributed by atoms with Crippen molar-refractivity contribution in [2.24, 2.45) is 0 Å². The molecule has 0 unspecified atom stereocenters. The van der Waals surface area contributed by atoms with Gasteiger partial charge in [-0.1, -0.05) is 0 Å². The van der Waals surface area contributed by atoms with Crippen molar-refractivity contribution in [3.05, 3.63) is 11.6 Å². The number of ether oxygens (including phenoxy) is 3. The summed E-state index contributed by atoms with van der Waals surface area (Å²) in [5.41, 5.74) is 6.66. The predicted octanol–water partition coefficient (Wildman–Crippen LogP) is 0.615. The molecule has 4 atom stereocenters. The number of nitrogens with zero attached hydrogens (tertiary/aromatic N) is 4. The van der Waals surface area contributed by atoms with Crippen LogP contribution in [0.5, 0.6) is 0 Å². The molecular weight excluding hydrogens is 364 g/mol. The second kappa shape index (κ2) is 6.02. The number of fused-ring (bicyclic) bond motifs is 2. The van der Waals surface area contributed by atoms with Crippen LogP contribution in [0.25, 0.3) is 11.2 Å². The fraction of sp³-hybridized carbons (Fsp3) is 0.600. The van der Waals surface area contributed by atoms with Crippen molar-refractivity contribution in [3.63, 3.8) is 0 Å². The van der Waals surface area contributed by atoms with Gasteiger partial charge in [0.2, 0.25) is 5.28 Å². The van der Waals surface area contributed by atoms with Gasteiger partial charge in [0.15, 0.2) is 29.6 Å². The zero-order valence-electron chi connectivity index (χ0n) is 14.5. The quantitative estimate of drug-likeness (QED) is 0.739. The predicted molar refractivity (Wildman–Crippen MR) is 91.2 cm³/mol. The van der Waals surface area contributed by atoms with Crippen molar-refractivity contribution in [2.45, 2.75) is 51.1 Å². The minimum absolute atomic E-state index is 0.00417. The molecule has 2 aliphatic heterocycles. The van der Waals surface area contributed by atoms with Crippen LogP contribution >= 0.6 is 11.6 Å². The van der Waals surface area contributed by atoms with Crippen LogP contribution < -0.4 is 11.1 Å². The molecule has 10 nitrogen and oxygen atoms in total. The number of anilines is 1. The number of nitrogens with one attached hydrogen (secondary N) is 1. The molecule has 2 fully saturated rings. The highest BCUT2D eigenvalue weighted by Gasteiger charge is 2.58. The van der Waals surface area contributed by atoms with Crippen LogP contribution in [0, 0.1) is 0 Å². The molecule has 0 spiro atoms. The maximum absolute atomic E-state index is 12.4. The van der Waals surface area contributed by atoms with Gasteiger partial charge in [0, 0.05) is 6.54 Å². The first-order valence-corrected chi connectivity index (χ1v) is 8.63. The van der Waals surface area contributed by atoms with Crippen molar-refractivity contribution >= 4 is 34.5 Å². The van der Waals surface area contributed by atoms with Crippen molar-refractivity contribution < 1.29 is 19.0 Å². The summed E-state index contributed by atoms with van der Waals surface area (Å²) < 4.78 is 19.5. The molecule has 0 radical (unpaired) electrons. The van der Waals surface area contributed by atoms with Gasteiger partial charge in [0.25, 0.3) is 5.91 Å². The molecule has 140 valence electrons. The van der Waals surface area contributed by atoms with Gasteiger partial charge in [0.1, 0.15) is 17.7 Å². The van der Waals surface area contributed by atoms with Crippen LogP contribution in [0.4, 0.5) is 5.82 Å². The third kappa shape index (κ3) is 2.69. The molecule has 0 saturated carbocycles. The number of halogens is 1. The summed E-state index contributed by atoms with van der Waals surface area (Å²) in [5.74, 6) is -0.940. The van der Waals surface area contributed by atoms with Crippen LogP contribution in [-0.2, 0) is 19.0 Å². The van der Waals surface area contributed by atoms with Gasteiger partial charge in [-0.25, -0.2) is 4.98 Å². The Kier molecular flexibility index (Phi) is 4.03. The van der Waals surface area contributed by atoms with Crippen molar-refractivity contribution in [1.82, 2.24) is 24.8 Å². The number of likely N-dealkylation sites (N-methyl/N-ethyl adjacent to an activating group) is 1. The molecule has 2 saturated heterocycles. The van der Waals surface area contributed by atoms with Crippen molar-refractivity contribution in [1.29, 1.82) is 0 Å². The van der Waals surface area contributed by atoms with E-state index in [1.54, 1.807) is 18.4 Å². The molecule has 0 aliphatic carbocycles. The summed E-state index contributed by atoms with van der Waals surface area (Å²) in [4.78, 5) is 24.8. The summed E-state index contributed by atoms with van der Waals surface area (Å²) in [7, 11) is 0. The third-order valence-corrected chi connectivity index (χ3v) is 4.50. The number of hydrogen-bond donors (Lipinski definition) is 2. The van der Waals surface area contributed by atoms with E-state index in [2.05, 4.69) is 20.3 Å². The lowest BCUT2D eigenvalue weighted by molar-refractivity contribution is -0.197. The molecule has 0 aromatic carbocycles. The van der Waals surface area contributed by atoms with E-state index in [4.69, 9.17) is 31.5 Å². The number of imidazole rings is 1. The monoisotopic (exact) mass is 382 g/mol. The number of rotatable bonds is 3. The van der Waals surface area contributed by atoms with Gasteiger partial charge >= 0.3 is 0 Å². The molecular formula is C15H19ClN6O4. The van der Waals surface area contributed by atoms with Crippen LogP contribution in [-0.4, -0.2) is 56.1 Å². The minimum atomic E-state index is -0.843. The summed E-state index contributed by atoms with van der Waals surface area (Å²) >= 11 is 5.93. The Labute approximate surface area is 154 Å². The maximum atomic E-state index is 12.4. The van der Waals surface area contributed by atoms with E-state index in [-0.39, 0.29) is 17.0 Å². The average molecular weight is 383 g/mol. The molecule has 2 aliphatic rings. The molecule has 3 N–H and O–H groups in total. The molecule has 0 bridgehead atoms. The van der Waals surface area contributed by atoms with Crippen LogP contribution in [0.3, 0.4) is 0 Å². The van der Waals surface area contributed by atoms with Gasteiger partial charge in [-0.2, -0.15) is 9.97 Å². The number of aromatic nitrogens is 4. The summed E-state index contributed by atoms with van der Waals surface area (Å²) in [6.07, 6.45) is -1.06. The summed E-state index contributed by atoms with van der Waals surface area (Å²) in [6.45, 7) is 5.90. The molecule has 4 rings (SSSR count). The molecule has 4 heterocycles. The summed E-state index contributed by atoms with van der Waals surface area (Å²) in [5, 5.41) is 2.75. The van der Waals surface area contributed by atoms with E-state index in [0.717, 1.165) is 0 Å². The van der Waals surface area contributed by atoms with E-state index < -0.39 is 30.3 Å². The standard InChI is InChI=1S/C15H19ClN6O4/c1-4-18-12(23)8-7-9(26-15(2,3)25-7)13(24-8)22-5-19-6-10(17)20-14(16)21-11(6)22/h5,7-9,13H,4H2,1-3H3,(H,18,23)(H2,17,20,21)/t7-,8+,9-,13-/m0/s1. The van der Waals surface area contributed by atoms with Crippen molar-refractivity contribution in [3.8, 4) is 0 Å². The number of carbonyl (C=O) groups is 1. The Morgan fingerprint density at radius 3 is 2.85 bits per heavy atom. The number of hydrogen-bond acceptors (Lipinski definition) is 8. The zero-order chi connectivity index (χ0) is 18.6. The molecule has 1 amide bonds. The second-order valence-electron chi connectivity index (χ2n) is 6.61. The maximum Gasteiger partial charge on any atom is 0.252 e. The normalized spacial score (nSPS) is 29.8. The van der Waals surface area contributed by atoms with Crippen LogP contribution in [0.15, 0.2) is 6.33 Å². The highest BCUT2D eigenvalue weighted by molar-refractivity contribution is 6.28. The smallest absolute Gasteiger partial charge is 0.252 e. The highest BCUT2D eigenvalue weighted by atomic mass is 35.5. The number of nitrogen functional groups attached to an aromatic ring is 1.